The van der Waals surface area contributed by atoms with Gasteiger partial charge in [-0.25, -0.2) is 4.79 Å². The molecule has 1 spiro atoms. The van der Waals surface area contributed by atoms with E-state index in [9.17, 15) is 10.1 Å². The fourth-order valence-corrected chi connectivity index (χ4v) is 7.57. The van der Waals surface area contributed by atoms with Gasteiger partial charge in [0.2, 0.25) is 0 Å². The number of nitriles is 1. The molecule has 2 aliphatic carbocycles. The molecule has 4 rings (SSSR count). The molecule has 4 nitrogen and oxygen atoms in total. The van der Waals surface area contributed by atoms with E-state index in [-0.39, 0.29) is 22.2 Å². The highest BCUT2D eigenvalue weighted by atomic mass is 32.2. The van der Waals surface area contributed by atoms with Crippen LogP contribution < -0.4 is 5.32 Å². The second-order valence-electron chi connectivity index (χ2n) is 8.95. The van der Waals surface area contributed by atoms with Crippen molar-refractivity contribution in [3.05, 3.63) is 29.8 Å². The summed E-state index contributed by atoms with van der Waals surface area (Å²) >= 11 is 1.97. The number of carbonyl (C=O) groups excluding carboxylic acids is 1. The zero-order chi connectivity index (χ0) is 20.3. The van der Waals surface area contributed by atoms with Crippen LogP contribution in [0.4, 0.5) is 10.5 Å². The highest BCUT2D eigenvalue weighted by Gasteiger charge is 2.56. The van der Waals surface area contributed by atoms with Gasteiger partial charge < -0.3 is 5.32 Å². The van der Waals surface area contributed by atoms with Crippen LogP contribution in [0.2, 0.25) is 0 Å². The van der Waals surface area contributed by atoms with Crippen LogP contribution in [0, 0.1) is 17.2 Å². The number of urea groups is 1. The number of rotatable bonds is 3. The van der Waals surface area contributed by atoms with Crippen molar-refractivity contribution in [2.24, 2.45) is 5.92 Å². The smallest absolute Gasteiger partial charge is 0.308 e. The average molecular weight is 412 g/mol. The van der Waals surface area contributed by atoms with Crippen molar-refractivity contribution in [2.45, 2.75) is 93.7 Å². The molecule has 2 amide bonds. The van der Waals surface area contributed by atoms with Gasteiger partial charge in [-0.2, -0.15) is 5.26 Å². The average Bonchev–Trinajstić information content (AvgIpc) is 3.09. The zero-order valence-electron chi connectivity index (χ0n) is 17.5. The molecular formula is C24H33N3OS. The molecule has 1 aromatic rings. The van der Waals surface area contributed by atoms with E-state index in [1.807, 2.05) is 28.8 Å². The third-order valence-electron chi connectivity index (χ3n) is 7.13. The summed E-state index contributed by atoms with van der Waals surface area (Å²) in [6.45, 7) is 2.13. The minimum atomic E-state index is -0.324. The lowest BCUT2D eigenvalue weighted by atomic mass is 9.82. The lowest BCUT2D eigenvalue weighted by Gasteiger charge is -2.36. The molecule has 2 saturated carbocycles. The maximum absolute atomic E-state index is 13.5. The molecule has 2 atom stereocenters. The van der Waals surface area contributed by atoms with Crippen molar-refractivity contribution in [3.63, 3.8) is 0 Å². The molecule has 156 valence electrons. The highest BCUT2D eigenvalue weighted by molar-refractivity contribution is 8.01. The molecule has 1 N–H and O–H groups in total. The number of benzene rings is 1. The molecule has 3 fully saturated rings. The van der Waals surface area contributed by atoms with Crippen molar-refractivity contribution in [3.8, 4) is 6.07 Å². The lowest BCUT2D eigenvalue weighted by molar-refractivity contribution is 0.158. The van der Waals surface area contributed by atoms with E-state index in [0.717, 1.165) is 24.9 Å². The second-order valence-corrected chi connectivity index (χ2v) is 10.5. The third kappa shape index (κ3) is 4.14. The zero-order valence-corrected chi connectivity index (χ0v) is 18.3. The van der Waals surface area contributed by atoms with Crippen LogP contribution in [0.3, 0.4) is 0 Å². The monoisotopic (exact) mass is 411 g/mol. The fourth-order valence-electron chi connectivity index (χ4n) is 5.47. The van der Waals surface area contributed by atoms with E-state index in [0.29, 0.717) is 5.92 Å². The van der Waals surface area contributed by atoms with E-state index in [2.05, 4.69) is 30.4 Å². The predicted octanol–water partition coefficient (Wildman–Crippen LogP) is 6.33. The summed E-state index contributed by atoms with van der Waals surface area (Å²) in [5, 5.41) is 13.4. The number of hydrogen-bond acceptors (Lipinski definition) is 3. The first kappa shape index (κ1) is 20.6. The van der Waals surface area contributed by atoms with Crippen LogP contribution in [0.1, 0.15) is 76.7 Å². The first-order valence-corrected chi connectivity index (χ1v) is 12.3. The molecule has 1 aliphatic heterocycles. The Hall–Kier alpha value is -1.67. The van der Waals surface area contributed by atoms with Gasteiger partial charge >= 0.3 is 6.03 Å². The number of anilines is 1. The van der Waals surface area contributed by atoms with Gasteiger partial charge in [-0.1, -0.05) is 57.6 Å². The van der Waals surface area contributed by atoms with Gasteiger partial charge in [0, 0.05) is 5.69 Å². The van der Waals surface area contributed by atoms with Crippen LogP contribution in [0.25, 0.3) is 0 Å². The molecular weight excluding hydrogens is 378 g/mol. The molecule has 1 heterocycles. The van der Waals surface area contributed by atoms with Gasteiger partial charge in [0.15, 0.2) is 0 Å². The Kier molecular flexibility index (Phi) is 6.39. The minimum Gasteiger partial charge on any atom is -0.308 e. The Morgan fingerprint density at radius 1 is 1.14 bits per heavy atom. The molecule has 0 aromatic heterocycles. The van der Waals surface area contributed by atoms with Crippen molar-refractivity contribution >= 4 is 23.5 Å². The van der Waals surface area contributed by atoms with Crippen molar-refractivity contribution < 1.29 is 4.79 Å². The summed E-state index contributed by atoms with van der Waals surface area (Å²) < 4.78 is -0.0709. The second kappa shape index (κ2) is 9.00. The van der Waals surface area contributed by atoms with Crippen LogP contribution in [0.5, 0.6) is 0 Å². The summed E-state index contributed by atoms with van der Waals surface area (Å²) in [5.41, 5.74) is 2.08. The van der Waals surface area contributed by atoms with E-state index < -0.39 is 0 Å². The van der Waals surface area contributed by atoms with E-state index in [4.69, 9.17) is 0 Å². The van der Waals surface area contributed by atoms with E-state index in [1.165, 1.54) is 56.9 Å². The summed E-state index contributed by atoms with van der Waals surface area (Å²) in [6, 6.07) is 10.2. The Morgan fingerprint density at radius 2 is 1.79 bits per heavy atom. The molecule has 2 unspecified atom stereocenters. The first-order valence-electron chi connectivity index (χ1n) is 11.4. The molecule has 5 heteroatoms. The molecule has 29 heavy (non-hydrogen) atoms. The molecule has 0 bridgehead atoms. The summed E-state index contributed by atoms with van der Waals surface area (Å²) in [4.78, 5) is 15.4. The van der Waals surface area contributed by atoms with Gasteiger partial charge in [0.05, 0.1) is 16.2 Å². The van der Waals surface area contributed by atoms with E-state index in [1.54, 1.807) is 0 Å². The Bertz CT molecular complexity index is 744. The quantitative estimate of drug-likeness (QED) is 0.632. The number of nitrogens with zero attached hydrogens (tertiary/aromatic N) is 2. The third-order valence-corrected chi connectivity index (χ3v) is 9.08. The van der Waals surface area contributed by atoms with Gasteiger partial charge in [0.1, 0.15) is 6.04 Å². The molecule has 1 saturated heterocycles. The van der Waals surface area contributed by atoms with E-state index >= 15 is 0 Å². The number of hydrogen-bond donors (Lipinski definition) is 1. The summed E-state index contributed by atoms with van der Waals surface area (Å²) in [5.74, 6) is 0.513. The molecule has 1 aromatic carbocycles. The Labute approximate surface area is 179 Å². The predicted molar refractivity (Wildman–Crippen MR) is 120 cm³/mol. The topological polar surface area (TPSA) is 56.1 Å². The van der Waals surface area contributed by atoms with Crippen LogP contribution in [-0.4, -0.2) is 27.1 Å². The van der Waals surface area contributed by atoms with Crippen molar-refractivity contribution in [1.82, 2.24) is 4.90 Å². The van der Waals surface area contributed by atoms with Crippen molar-refractivity contribution in [1.29, 1.82) is 5.26 Å². The normalized spacial score (nSPS) is 27.0. The minimum absolute atomic E-state index is 0.0709. The van der Waals surface area contributed by atoms with Gasteiger partial charge in [-0.15, -0.1) is 11.8 Å². The lowest BCUT2D eigenvalue weighted by Crippen LogP contribution is -2.50. The highest BCUT2D eigenvalue weighted by Crippen LogP contribution is 2.55. The first-order chi connectivity index (χ1) is 14.2. The Morgan fingerprint density at radius 3 is 2.41 bits per heavy atom. The van der Waals surface area contributed by atoms with Crippen molar-refractivity contribution in [2.75, 3.05) is 5.32 Å². The summed E-state index contributed by atoms with van der Waals surface area (Å²) in [7, 11) is 0. The number of aryl methyl sites for hydroxylation is 1. The maximum Gasteiger partial charge on any atom is 0.323 e. The number of thioether (sulfide) groups is 1. The largest absolute Gasteiger partial charge is 0.323 e. The molecule has 3 aliphatic rings. The number of carbonyl (C=O) groups is 1. The van der Waals surface area contributed by atoms with Gasteiger partial charge in [-0.3, -0.25) is 4.90 Å². The van der Waals surface area contributed by atoms with Crippen LogP contribution in [-0.2, 0) is 6.42 Å². The van der Waals surface area contributed by atoms with Crippen LogP contribution in [0.15, 0.2) is 24.3 Å². The fraction of sp³-hybridized carbons (Fsp3) is 0.667. The Balaban J connectivity index is 1.60. The number of nitrogens with one attached hydrogen (secondary N) is 1. The summed E-state index contributed by atoms with van der Waals surface area (Å²) in [6.07, 6.45) is 12.9. The van der Waals surface area contributed by atoms with Gasteiger partial charge in [0.25, 0.3) is 0 Å². The standard InChI is InChI=1S/C24H33N3OS/c1-2-18-11-13-20(14-12-18)26-23(28)27-21(17-25)24(15-7-4-8-16-24)29-22(27)19-9-5-3-6-10-19/h11-14,19,21-22H,2-10,15-16H2,1H3,(H,26,28). The van der Waals surface area contributed by atoms with Gasteiger partial charge in [-0.05, 0) is 55.7 Å². The number of amides is 2. The van der Waals surface area contributed by atoms with Crippen LogP contribution >= 0.6 is 11.8 Å². The SMILES string of the molecule is CCc1ccc(NC(=O)N2C(C3CCCCC3)SC3(CCCCC3)C2C#N)cc1. The molecule has 0 radical (unpaired) electrons. The maximum atomic E-state index is 13.5.